The highest BCUT2D eigenvalue weighted by Crippen LogP contribution is 2.31. The quantitative estimate of drug-likeness (QED) is 0.521. The molecule has 0 aliphatic carbocycles. The number of fused-ring (bicyclic) bond motifs is 5. The lowest BCUT2D eigenvalue weighted by atomic mass is 9.96. The molecule has 0 aromatic heterocycles. The Hall–Kier alpha value is -3.00. The first-order valence-electron chi connectivity index (χ1n) is 8.86. The Morgan fingerprint density at radius 2 is 1.52 bits per heavy atom. The summed E-state index contributed by atoms with van der Waals surface area (Å²) in [7, 11) is 0. The summed E-state index contributed by atoms with van der Waals surface area (Å²) in [5.41, 5.74) is 1.36. The van der Waals surface area contributed by atoms with Gasteiger partial charge in [-0.05, 0) is 43.9 Å². The molecule has 0 saturated heterocycles. The first-order valence-corrected chi connectivity index (χ1v) is 8.86. The van der Waals surface area contributed by atoms with Crippen molar-refractivity contribution in [3.8, 4) is 0 Å². The number of hydrogen-bond donors (Lipinski definition) is 1. The third-order valence-corrected chi connectivity index (χ3v) is 5.14. The van der Waals surface area contributed by atoms with Gasteiger partial charge in [0.05, 0.1) is 0 Å². The smallest absolute Gasteiger partial charge is 0.0425 e. The molecule has 0 bridgehead atoms. The summed E-state index contributed by atoms with van der Waals surface area (Å²) < 4.78 is 0. The molecule has 0 unspecified atom stereocenters. The minimum atomic E-state index is 0.962. The number of hydrogen-bond acceptors (Lipinski definition) is 2. The molecule has 1 heterocycles. The first kappa shape index (κ1) is 14.4. The van der Waals surface area contributed by atoms with Gasteiger partial charge in [-0.2, -0.15) is 0 Å². The molecule has 25 heavy (non-hydrogen) atoms. The second-order valence-electron chi connectivity index (χ2n) is 6.74. The minimum absolute atomic E-state index is 0.962. The fourth-order valence-corrected chi connectivity index (χ4v) is 3.87. The standard InChI is InChI=1S/C23H20N2/c1-2-4-20-18(3-1)6-9-23-21-8-5-17(15-19(21)7-10-22(20)23)16-25-13-11-24-12-14-25/h1-11,13,15,24H,12,14,16H2. The van der Waals surface area contributed by atoms with Gasteiger partial charge >= 0.3 is 0 Å². The fourth-order valence-electron chi connectivity index (χ4n) is 3.87. The van der Waals surface area contributed by atoms with Gasteiger partial charge in [0.1, 0.15) is 0 Å². The average molecular weight is 324 g/mol. The molecule has 0 spiro atoms. The van der Waals surface area contributed by atoms with Crippen LogP contribution in [0.15, 0.2) is 79.1 Å². The van der Waals surface area contributed by atoms with Crippen molar-refractivity contribution < 1.29 is 0 Å². The van der Waals surface area contributed by atoms with Crippen LogP contribution in [0.2, 0.25) is 0 Å². The Kier molecular flexibility index (Phi) is 3.34. The number of rotatable bonds is 2. The van der Waals surface area contributed by atoms with Crippen molar-refractivity contribution in [1.29, 1.82) is 0 Å². The van der Waals surface area contributed by atoms with Gasteiger partial charge in [-0.1, -0.05) is 60.7 Å². The number of benzene rings is 4. The van der Waals surface area contributed by atoms with Crippen molar-refractivity contribution >= 4 is 32.3 Å². The molecule has 1 aliphatic rings. The Labute approximate surface area is 147 Å². The molecule has 0 fully saturated rings. The zero-order valence-corrected chi connectivity index (χ0v) is 14.1. The van der Waals surface area contributed by atoms with Crippen molar-refractivity contribution in [3.05, 3.63) is 84.7 Å². The van der Waals surface area contributed by atoms with E-state index in [0.717, 1.165) is 19.6 Å². The third-order valence-electron chi connectivity index (χ3n) is 5.14. The Morgan fingerprint density at radius 3 is 2.36 bits per heavy atom. The summed E-state index contributed by atoms with van der Waals surface area (Å²) in [5.74, 6) is 0. The summed E-state index contributed by atoms with van der Waals surface area (Å²) in [5, 5.41) is 11.2. The molecule has 2 heteroatoms. The zero-order valence-electron chi connectivity index (χ0n) is 14.1. The lowest BCUT2D eigenvalue weighted by Crippen LogP contribution is -2.30. The normalized spacial score (nSPS) is 14.3. The lowest BCUT2D eigenvalue weighted by Gasteiger charge is -2.24. The summed E-state index contributed by atoms with van der Waals surface area (Å²) in [6, 6.07) is 24.5. The van der Waals surface area contributed by atoms with Crippen LogP contribution in [0, 0.1) is 0 Å². The summed E-state index contributed by atoms with van der Waals surface area (Å²) in [6.07, 6.45) is 4.17. The summed E-state index contributed by atoms with van der Waals surface area (Å²) >= 11 is 0. The molecule has 1 N–H and O–H groups in total. The van der Waals surface area contributed by atoms with Crippen LogP contribution in [0.25, 0.3) is 32.3 Å². The molecule has 0 atom stereocenters. The van der Waals surface area contributed by atoms with E-state index in [1.54, 1.807) is 0 Å². The van der Waals surface area contributed by atoms with E-state index in [9.17, 15) is 0 Å². The maximum atomic E-state index is 3.24. The Bertz CT molecular complexity index is 1110. The molecule has 0 amide bonds. The van der Waals surface area contributed by atoms with Crippen LogP contribution in [-0.2, 0) is 6.54 Å². The topological polar surface area (TPSA) is 15.3 Å². The lowest BCUT2D eigenvalue weighted by molar-refractivity contribution is 0.353. The van der Waals surface area contributed by atoms with Crippen molar-refractivity contribution in [2.75, 3.05) is 13.1 Å². The Balaban J connectivity index is 1.63. The van der Waals surface area contributed by atoms with Crippen molar-refractivity contribution in [2.24, 2.45) is 0 Å². The molecule has 4 aromatic carbocycles. The summed E-state index contributed by atoms with van der Waals surface area (Å²) in [6.45, 7) is 3.03. The molecule has 1 aliphatic heterocycles. The highest BCUT2D eigenvalue weighted by atomic mass is 15.1. The maximum absolute atomic E-state index is 3.24. The second kappa shape index (κ2) is 5.82. The van der Waals surface area contributed by atoms with E-state index in [-0.39, 0.29) is 0 Å². The molecule has 2 nitrogen and oxygen atoms in total. The van der Waals surface area contributed by atoms with Crippen LogP contribution >= 0.6 is 0 Å². The van der Waals surface area contributed by atoms with Crippen molar-refractivity contribution in [2.45, 2.75) is 6.54 Å². The van der Waals surface area contributed by atoms with Crippen molar-refractivity contribution in [3.63, 3.8) is 0 Å². The van der Waals surface area contributed by atoms with Gasteiger partial charge in [0.2, 0.25) is 0 Å². The van der Waals surface area contributed by atoms with E-state index in [0.29, 0.717) is 0 Å². The molecule has 122 valence electrons. The van der Waals surface area contributed by atoms with E-state index >= 15 is 0 Å². The fraction of sp³-hybridized carbons (Fsp3) is 0.130. The van der Waals surface area contributed by atoms with Crippen LogP contribution in [0.1, 0.15) is 5.56 Å². The first-order chi connectivity index (χ1) is 12.4. The largest absolute Gasteiger partial charge is 0.388 e. The van der Waals surface area contributed by atoms with E-state index in [4.69, 9.17) is 0 Å². The van der Waals surface area contributed by atoms with E-state index in [1.165, 1.54) is 37.9 Å². The van der Waals surface area contributed by atoms with Gasteiger partial charge in [-0.15, -0.1) is 0 Å². The molecular formula is C23H20N2. The highest BCUT2D eigenvalue weighted by molar-refractivity contribution is 6.17. The van der Waals surface area contributed by atoms with Gasteiger partial charge in [-0.3, -0.25) is 0 Å². The SMILES string of the molecule is C1=CN(Cc2ccc3c(ccc4c5ccccc5ccc34)c2)CCN1. The van der Waals surface area contributed by atoms with Gasteiger partial charge in [0, 0.05) is 32.0 Å². The molecule has 5 rings (SSSR count). The molecular weight excluding hydrogens is 304 g/mol. The third kappa shape index (κ3) is 2.51. The van der Waals surface area contributed by atoms with Crippen molar-refractivity contribution in [1.82, 2.24) is 10.2 Å². The zero-order chi connectivity index (χ0) is 16.6. The predicted molar refractivity (Wildman–Crippen MR) is 107 cm³/mol. The van der Waals surface area contributed by atoms with Gasteiger partial charge in [-0.25, -0.2) is 0 Å². The maximum Gasteiger partial charge on any atom is 0.0425 e. The molecule has 0 radical (unpaired) electrons. The minimum Gasteiger partial charge on any atom is -0.388 e. The van der Waals surface area contributed by atoms with E-state index in [2.05, 4.69) is 83.1 Å². The highest BCUT2D eigenvalue weighted by Gasteiger charge is 2.07. The summed E-state index contributed by atoms with van der Waals surface area (Å²) in [4.78, 5) is 2.35. The number of nitrogens with zero attached hydrogens (tertiary/aromatic N) is 1. The van der Waals surface area contributed by atoms with Gasteiger partial charge in [0.25, 0.3) is 0 Å². The van der Waals surface area contributed by atoms with Gasteiger partial charge in [0.15, 0.2) is 0 Å². The average Bonchev–Trinajstić information content (AvgIpc) is 2.68. The van der Waals surface area contributed by atoms with Crippen LogP contribution in [0.3, 0.4) is 0 Å². The molecule has 0 saturated carbocycles. The second-order valence-corrected chi connectivity index (χ2v) is 6.74. The number of nitrogens with one attached hydrogen (secondary N) is 1. The van der Waals surface area contributed by atoms with Gasteiger partial charge < -0.3 is 10.2 Å². The van der Waals surface area contributed by atoms with Crippen LogP contribution in [0.5, 0.6) is 0 Å². The van der Waals surface area contributed by atoms with Crippen LogP contribution in [-0.4, -0.2) is 18.0 Å². The molecule has 4 aromatic rings. The van der Waals surface area contributed by atoms with E-state index in [1.807, 2.05) is 6.20 Å². The Morgan fingerprint density at radius 1 is 0.760 bits per heavy atom. The predicted octanol–water partition coefficient (Wildman–Crippen LogP) is 5.02. The van der Waals surface area contributed by atoms with E-state index < -0.39 is 0 Å². The van der Waals surface area contributed by atoms with Crippen LogP contribution < -0.4 is 5.32 Å². The monoisotopic (exact) mass is 324 g/mol. The van der Waals surface area contributed by atoms with Crippen LogP contribution in [0.4, 0.5) is 0 Å².